The molecule has 3 atom stereocenters. The average Bonchev–Trinajstić information content (AvgIpc) is 2.41. The fourth-order valence-corrected chi connectivity index (χ4v) is 2.75. The molecular formula is C12H18O3. The second-order valence-corrected chi connectivity index (χ2v) is 5.83. The van der Waals surface area contributed by atoms with Crippen LogP contribution in [0.15, 0.2) is 0 Å². The summed E-state index contributed by atoms with van der Waals surface area (Å²) < 4.78 is 4.69. The van der Waals surface area contributed by atoms with E-state index in [4.69, 9.17) is 4.74 Å². The van der Waals surface area contributed by atoms with Crippen LogP contribution in [0, 0.1) is 23.2 Å². The van der Waals surface area contributed by atoms with Gasteiger partial charge in [0.1, 0.15) is 0 Å². The summed E-state index contributed by atoms with van der Waals surface area (Å²) in [4.78, 5) is 22.8. The Morgan fingerprint density at radius 1 is 1.07 bits per heavy atom. The predicted octanol–water partition coefficient (Wildman–Crippen LogP) is 2.15. The van der Waals surface area contributed by atoms with Crippen molar-refractivity contribution in [1.29, 1.82) is 0 Å². The van der Waals surface area contributed by atoms with E-state index >= 15 is 0 Å². The van der Waals surface area contributed by atoms with E-state index in [1.165, 1.54) is 0 Å². The van der Waals surface area contributed by atoms with Crippen molar-refractivity contribution >= 4 is 11.9 Å². The summed E-state index contributed by atoms with van der Waals surface area (Å²) in [5.41, 5.74) is 0.219. The van der Waals surface area contributed by atoms with Gasteiger partial charge >= 0.3 is 11.9 Å². The first-order valence-electron chi connectivity index (χ1n) is 5.65. The largest absolute Gasteiger partial charge is 0.393 e. The molecule has 1 saturated carbocycles. The second-order valence-electron chi connectivity index (χ2n) is 5.83. The normalized spacial score (nSPS) is 36.3. The molecule has 84 valence electrons. The summed E-state index contributed by atoms with van der Waals surface area (Å²) in [6.45, 7) is 6.58. The number of hydrogen-bond acceptors (Lipinski definition) is 3. The molecule has 2 rings (SSSR count). The van der Waals surface area contributed by atoms with E-state index in [0.717, 1.165) is 19.3 Å². The van der Waals surface area contributed by atoms with Gasteiger partial charge in [0.2, 0.25) is 0 Å². The van der Waals surface area contributed by atoms with Gasteiger partial charge in [-0.3, -0.25) is 9.59 Å². The molecule has 3 unspecified atom stereocenters. The lowest BCUT2D eigenvalue weighted by Crippen LogP contribution is -2.33. The number of carbonyl (C=O) groups is 2. The molecule has 2 fully saturated rings. The third-order valence-electron chi connectivity index (χ3n) is 3.88. The van der Waals surface area contributed by atoms with Crippen LogP contribution in [0.5, 0.6) is 0 Å². The van der Waals surface area contributed by atoms with Crippen LogP contribution in [0.4, 0.5) is 0 Å². The molecule has 1 aliphatic heterocycles. The van der Waals surface area contributed by atoms with Crippen LogP contribution in [0.25, 0.3) is 0 Å². The SMILES string of the molecule is CC(C)(C)C1CCC2C(=O)OC(=O)C2C1. The van der Waals surface area contributed by atoms with E-state index in [9.17, 15) is 9.59 Å². The first-order valence-corrected chi connectivity index (χ1v) is 5.65. The lowest BCUT2D eigenvalue weighted by Gasteiger charge is -2.36. The van der Waals surface area contributed by atoms with Gasteiger partial charge in [0.15, 0.2) is 0 Å². The van der Waals surface area contributed by atoms with Gasteiger partial charge in [0, 0.05) is 0 Å². The smallest absolute Gasteiger partial charge is 0.317 e. The number of ether oxygens (including phenoxy) is 1. The number of cyclic esters (lactones) is 2. The Morgan fingerprint density at radius 2 is 1.67 bits per heavy atom. The Kier molecular flexibility index (Phi) is 2.36. The van der Waals surface area contributed by atoms with Crippen molar-refractivity contribution in [1.82, 2.24) is 0 Å². The lowest BCUT2D eigenvalue weighted by molar-refractivity contribution is -0.153. The zero-order valence-electron chi connectivity index (χ0n) is 9.58. The van der Waals surface area contributed by atoms with Crippen molar-refractivity contribution in [2.75, 3.05) is 0 Å². The second kappa shape index (κ2) is 3.32. The van der Waals surface area contributed by atoms with E-state index in [2.05, 4.69) is 20.8 Å². The predicted molar refractivity (Wildman–Crippen MR) is 54.9 cm³/mol. The highest BCUT2D eigenvalue weighted by Crippen LogP contribution is 2.45. The van der Waals surface area contributed by atoms with E-state index < -0.39 is 0 Å². The van der Waals surface area contributed by atoms with Crippen molar-refractivity contribution in [3.8, 4) is 0 Å². The Morgan fingerprint density at radius 3 is 2.27 bits per heavy atom. The highest BCUT2D eigenvalue weighted by atomic mass is 16.6. The number of fused-ring (bicyclic) bond motifs is 1. The quantitative estimate of drug-likeness (QED) is 0.454. The number of esters is 2. The summed E-state index contributed by atoms with van der Waals surface area (Å²) in [5, 5.41) is 0. The molecule has 1 heterocycles. The molecule has 3 nitrogen and oxygen atoms in total. The first-order chi connectivity index (χ1) is 6.89. The van der Waals surface area contributed by atoms with Crippen LogP contribution in [0.2, 0.25) is 0 Å². The van der Waals surface area contributed by atoms with Crippen LogP contribution in [0.1, 0.15) is 40.0 Å². The van der Waals surface area contributed by atoms with Crippen LogP contribution >= 0.6 is 0 Å². The number of carbonyl (C=O) groups excluding carboxylic acids is 2. The molecule has 15 heavy (non-hydrogen) atoms. The zero-order valence-corrected chi connectivity index (χ0v) is 9.58. The van der Waals surface area contributed by atoms with E-state index in [1.54, 1.807) is 0 Å². The van der Waals surface area contributed by atoms with Crippen molar-refractivity contribution in [3.63, 3.8) is 0 Å². The minimum Gasteiger partial charge on any atom is -0.393 e. The molecule has 1 saturated heterocycles. The van der Waals surface area contributed by atoms with Gasteiger partial charge in [-0.05, 0) is 30.6 Å². The topological polar surface area (TPSA) is 43.4 Å². The maximum Gasteiger partial charge on any atom is 0.317 e. The molecule has 0 bridgehead atoms. The lowest BCUT2D eigenvalue weighted by atomic mass is 9.66. The standard InChI is InChI=1S/C12H18O3/c1-12(2,3)7-4-5-8-9(6-7)11(14)15-10(8)13/h7-9H,4-6H2,1-3H3. The summed E-state index contributed by atoms with van der Waals surface area (Å²) in [6.07, 6.45) is 2.67. The van der Waals surface area contributed by atoms with Gasteiger partial charge in [-0.15, -0.1) is 0 Å². The van der Waals surface area contributed by atoms with Gasteiger partial charge < -0.3 is 4.74 Å². The molecule has 2 aliphatic rings. The Labute approximate surface area is 90.2 Å². The van der Waals surface area contributed by atoms with Crippen LogP contribution in [0.3, 0.4) is 0 Å². The Bertz CT molecular complexity index is 300. The van der Waals surface area contributed by atoms with Gasteiger partial charge in [-0.2, -0.15) is 0 Å². The maximum absolute atomic E-state index is 11.4. The minimum absolute atomic E-state index is 0.143. The summed E-state index contributed by atoms with van der Waals surface area (Å²) in [6, 6.07) is 0. The molecular weight excluding hydrogens is 192 g/mol. The number of rotatable bonds is 0. The van der Waals surface area contributed by atoms with Crippen LogP contribution in [-0.2, 0) is 14.3 Å². The van der Waals surface area contributed by atoms with E-state index in [-0.39, 0.29) is 29.2 Å². The van der Waals surface area contributed by atoms with Crippen molar-refractivity contribution in [2.45, 2.75) is 40.0 Å². The minimum atomic E-state index is -0.294. The molecule has 0 aromatic rings. The molecule has 0 spiro atoms. The number of hydrogen-bond donors (Lipinski definition) is 0. The third kappa shape index (κ3) is 1.80. The van der Waals surface area contributed by atoms with Crippen molar-refractivity contribution in [3.05, 3.63) is 0 Å². The molecule has 0 radical (unpaired) electrons. The van der Waals surface area contributed by atoms with E-state index in [0.29, 0.717) is 5.92 Å². The highest BCUT2D eigenvalue weighted by Gasteiger charge is 2.49. The fourth-order valence-electron chi connectivity index (χ4n) is 2.75. The average molecular weight is 210 g/mol. The zero-order chi connectivity index (χ0) is 11.2. The van der Waals surface area contributed by atoms with Crippen molar-refractivity contribution in [2.24, 2.45) is 23.2 Å². The molecule has 0 aromatic carbocycles. The van der Waals surface area contributed by atoms with Gasteiger partial charge in [-0.25, -0.2) is 0 Å². The van der Waals surface area contributed by atoms with Gasteiger partial charge in [-0.1, -0.05) is 20.8 Å². The summed E-state index contributed by atoms with van der Waals surface area (Å²) in [5.74, 6) is -0.361. The Hall–Kier alpha value is -0.860. The van der Waals surface area contributed by atoms with Gasteiger partial charge in [0.05, 0.1) is 11.8 Å². The molecule has 0 aromatic heterocycles. The Balaban J connectivity index is 2.12. The molecule has 0 amide bonds. The molecule has 3 heteroatoms. The van der Waals surface area contributed by atoms with Gasteiger partial charge in [0.25, 0.3) is 0 Å². The summed E-state index contributed by atoms with van der Waals surface area (Å²) in [7, 11) is 0. The monoisotopic (exact) mass is 210 g/mol. The molecule has 0 N–H and O–H groups in total. The first kappa shape index (κ1) is 10.7. The third-order valence-corrected chi connectivity index (χ3v) is 3.88. The maximum atomic E-state index is 11.4. The van der Waals surface area contributed by atoms with Crippen molar-refractivity contribution < 1.29 is 14.3 Å². The van der Waals surface area contributed by atoms with E-state index in [1.807, 2.05) is 0 Å². The highest BCUT2D eigenvalue weighted by molar-refractivity contribution is 5.96. The van der Waals surface area contributed by atoms with Crippen LogP contribution < -0.4 is 0 Å². The summed E-state index contributed by atoms with van der Waals surface area (Å²) >= 11 is 0. The fraction of sp³-hybridized carbons (Fsp3) is 0.833. The van der Waals surface area contributed by atoms with Crippen LogP contribution in [-0.4, -0.2) is 11.9 Å². The molecule has 1 aliphatic carbocycles.